The third-order valence-corrected chi connectivity index (χ3v) is 4.52. The smallest absolute Gasteiger partial charge is 0.416 e. The second kappa shape index (κ2) is 9.86. The van der Waals surface area contributed by atoms with Crippen LogP contribution < -0.4 is 15.5 Å². The number of rotatable bonds is 7. The summed E-state index contributed by atoms with van der Waals surface area (Å²) in [6.07, 6.45) is -3.15. The Bertz CT molecular complexity index is 1110. The molecule has 3 aromatic carbocycles. The maximum absolute atomic E-state index is 12.6. The number of anilines is 1. The first-order valence-electron chi connectivity index (χ1n) is 9.47. The summed E-state index contributed by atoms with van der Waals surface area (Å²) in [5.41, 5.74) is 3.66. The molecule has 0 saturated heterocycles. The highest BCUT2D eigenvalue weighted by Gasteiger charge is 2.29. The van der Waals surface area contributed by atoms with E-state index in [-0.39, 0.29) is 5.75 Å². The second-order valence-corrected chi connectivity index (χ2v) is 6.72. The van der Waals surface area contributed by atoms with Gasteiger partial charge in [0.2, 0.25) is 0 Å². The number of benzene rings is 3. The summed E-state index contributed by atoms with van der Waals surface area (Å²) in [5.74, 6) is -0.122. The van der Waals surface area contributed by atoms with Crippen LogP contribution in [0.15, 0.2) is 71.8 Å². The number of halogens is 3. The van der Waals surface area contributed by atoms with Gasteiger partial charge in [-0.1, -0.05) is 30.3 Å². The molecule has 0 atom stereocenters. The SMILES string of the molecule is COc1ccc(CNc2ccccc2C(=O)NN=Cc2ccc(C(F)(F)F)cc2)cc1O. The number of ether oxygens (including phenoxy) is 1. The number of hydrogen-bond acceptors (Lipinski definition) is 5. The highest BCUT2D eigenvalue weighted by molar-refractivity contribution is 6.00. The number of amides is 1. The van der Waals surface area contributed by atoms with Gasteiger partial charge in [-0.05, 0) is 47.5 Å². The third-order valence-electron chi connectivity index (χ3n) is 4.52. The molecule has 0 heterocycles. The van der Waals surface area contributed by atoms with E-state index in [4.69, 9.17) is 4.74 Å². The molecule has 0 fully saturated rings. The Balaban J connectivity index is 1.63. The number of carbonyl (C=O) groups excluding carboxylic acids is 1. The van der Waals surface area contributed by atoms with E-state index in [9.17, 15) is 23.1 Å². The minimum atomic E-state index is -4.41. The van der Waals surface area contributed by atoms with Gasteiger partial charge >= 0.3 is 6.18 Å². The molecule has 0 aliphatic heterocycles. The molecule has 0 unspecified atom stereocenters. The molecule has 0 aromatic heterocycles. The molecule has 3 rings (SSSR count). The zero-order valence-corrected chi connectivity index (χ0v) is 17.0. The summed E-state index contributed by atoms with van der Waals surface area (Å²) in [4.78, 5) is 12.5. The molecule has 9 heteroatoms. The summed E-state index contributed by atoms with van der Waals surface area (Å²) in [6.45, 7) is 0.344. The van der Waals surface area contributed by atoms with Crippen LogP contribution in [0.1, 0.15) is 27.0 Å². The minimum absolute atomic E-state index is 0.00966. The van der Waals surface area contributed by atoms with Crippen LogP contribution in [-0.4, -0.2) is 24.3 Å². The molecular weight excluding hydrogens is 423 g/mol. The molecule has 0 aliphatic carbocycles. The fourth-order valence-electron chi connectivity index (χ4n) is 2.86. The summed E-state index contributed by atoms with van der Waals surface area (Å²) in [7, 11) is 1.46. The summed E-state index contributed by atoms with van der Waals surface area (Å²) in [5, 5.41) is 16.8. The monoisotopic (exact) mass is 443 g/mol. The summed E-state index contributed by atoms with van der Waals surface area (Å²) < 4.78 is 42.9. The van der Waals surface area contributed by atoms with Crippen molar-refractivity contribution >= 4 is 17.8 Å². The van der Waals surface area contributed by atoms with Gasteiger partial charge in [0.15, 0.2) is 11.5 Å². The van der Waals surface area contributed by atoms with Crippen LogP contribution in [0, 0.1) is 0 Å². The molecule has 3 N–H and O–H groups in total. The quantitative estimate of drug-likeness (QED) is 0.362. The fourth-order valence-corrected chi connectivity index (χ4v) is 2.86. The highest BCUT2D eigenvalue weighted by Crippen LogP contribution is 2.29. The maximum atomic E-state index is 12.6. The number of nitrogens with zero attached hydrogens (tertiary/aromatic N) is 1. The Hall–Kier alpha value is -4.01. The van der Waals surface area contributed by atoms with E-state index in [0.29, 0.717) is 29.1 Å². The zero-order chi connectivity index (χ0) is 23.1. The van der Waals surface area contributed by atoms with E-state index < -0.39 is 17.6 Å². The van der Waals surface area contributed by atoms with Crippen molar-refractivity contribution in [2.75, 3.05) is 12.4 Å². The first-order chi connectivity index (χ1) is 15.3. The fraction of sp³-hybridized carbons (Fsp3) is 0.130. The Labute approximate surface area is 182 Å². The molecule has 0 bridgehead atoms. The van der Waals surface area contributed by atoms with Crippen LogP contribution in [0.2, 0.25) is 0 Å². The van der Waals surface area contributed by atoms with Crippen molar-refractivity contribution in [3.05, 3.63) is 89.0 Å². The van der Waals surface area contributed by atoms with E-state index >= 15 is 0 Å². The number of phenols is 1. The number of phenolic OH excluding ortho intramolecular Hbond substituents is 1. The van der Waals surface area contributed by atoms with Crippen LogP contribution >= 0.6 is 0 Å². The lowest BCUT2D eigenvalue weighted by atomic mass is 10.1. The highest BCUT2D eigenvalue weighted by atomic mass is 19.4. The predicted molar refractivity (Wildman–Crippen MR) is 115 cm³/mol. The molecule has 6 nitrogen and oxygen atoms in total. The summed E-state index contributed by atoms with van der Waals surface area (Å²) >= 11 is 0. The van der Waals surface area contributed by atoms with Gasteiger partial charge in [-0.15, -0.1) is 0 Å². The van der Waals surface area contributed by atoms with E-state index in [1.165, 1.54) is 25.5 Å². The van der Waals surface area contributed by atoms with Crippen LogP contribution in [0.5, 0.6) is 11.5 Å². The van der Waals surface area contributed by atoms with Gasteiger partial charge in [0, 0.05) is 12.2 Å². The third kappa shape index (κ3) is 5.78. The number of para-hydroxylation sites is 1. The summed E-state index contributed by atoms with van der Waals surface area (Å²) in [6, 6.07) is 16.2. The lowest BCUT2D eigenvalue weighted by Gasteiger charge is -2.12. The molecule has 0 aliphatic rings. The van der Waals surface area contributed by atoms with Crippen LogP contribution in [0.4, 0.5) is 18.9 Å². The standard InChI is InChI=1S/C23H20F3N3O3/c1-32-21-11-8-16(12-20(21)30)13-27-19-5-3-2-4-18(19)22(31)29-28-14-15-6-9-17(10-7-15)23(24,25)26/h2-12,14,27,30H,13H2,1H3,(H,29,31). The number of hydrazone groups is 1. The minimum Gasteiger partial charge on any atom is -0.504 e. The van der Waals surface area contributed by atoms with Gasteiger partial charge in [0.25, 0.3) is 5.91 Å². The van der Waals surface area contributed by atoms with E-state index in [1.807, 2.05) is 0 Å². The number of nitrogens with one attached hydrogen (secondary N) is 2. The largest absolute Gasteiger partial charge is 0.504 e. The molecule has 0 saturated carbocycles. The van der Waals surface area contributed by atoms with Gasteiger partial charge in [-0.25, -0.2) is 5.43 Å². The average molecular weight is 443 g/mol. The number of alkyl halides is 3. The van der Waals surface area contributed by atoms with E-state index in [2.05, 4.69) is 15.8 Å². The first kappa shape index (κ1) is 22.7. The Morgan fingerprint density at radius 2 is 1.81 bits per heavy atom. The molecule has 166 valence electrons. The lowest BCUT2D eigenvalue weighted by Crippen LogP contribution is -2.19. The average Bonchev–Trinajstić information content (AvgIpc) is 2.77. The van der Waals surface area contributed by atoms with Crippen molar-refractivity contribution in [1.82, 2.24) is 5.43 Å². The molecular formula is C23H20F3N3O3. The van der Waals surface area contributed by atoms with Crippen LogP contribution in [0.3, 0.4) is 0 Å². The first-order valence-corrected chi connectivity index (χ1v) is 9.47. The van der Waals surface area contributed by atoms with E-state index in [0.717, 1.165) is 17.7 Å². The molecule has 1 amide bonds. The molecule has 32 heavy (non-hydrogen) atoms. The van der Waals surface area contributed by atoms with Crippen LogP contribution in [0.25, 0.3) is 0 Å². The number of methoxy groups -OCH3 is 1. The lowest BCUT2D eigenvalue weighted by molar-refractivity contribution is -0.137. The topological polar surface area (TPSA) is 83.0 Å². The Kier molecular flexibility index (Phi) is 6.99. The Morgan fingerprint density at radius 3 is 2.47 bits per heavy atom. The van der Waals surface area contributed by atoms with Gasteiger partial charge < -0.3 is 15.2 Å². The van der Waals surface area contributed by atoms with Crippen molar-refractivity contribution in [3.8, 4) is 11.5 Å². The normalized spacial score (nSPS) is 11.4. The van der Waals surface area contributed by atoms with Crippen molar-refractivity contribution < 1.29 is 27.8 Å². The molecule has 0 spiro atoms. The van der Waals surface area contributed by atoms with Gasteiger partial charge in [0.1, 0.15) is 0 Å². The van der Waals surface area contributed by atoms with Crippen molar-refractivity contribution in [2.45, 2.75) is 12.7 Å². The van der Waals surface area contributed by atoms with Crippen molar-refractivity contribution in [3.63, 3.8) is 0 Å². The molecule has 0 radical (unpaired) electrons. The maximum Gasteiger partial charge on any atom is 0.416 e. The van der Waals surface area contributed by atoms with Crippen LogP contribution in [-0.2, 0) is 12.7 Å². The molecule has 3 aromatic rings. The van der Waals surface area contributed by atoms with Crippen molar-refractivity contribution in [1.29, 1.82) is 0 Å². The number of carbonyl (C=O) groups is 1. The van der Waals surface area contributed by atoms with Gasteiger partial charge in [-0.2, -0.15) is 18.3 Å². The van der Waals surface area contributed by atoms with Gasteiger partial charge in [-0.3, -0.25) is 4.79 Å². The second-order valence-electron chi connectivity index (χ2n) is 6.72. The number of aromatic hydroxyl groups is 1. The van der Waals surface area contributed by atoms with E-state index in [1.54, 1.807) is 42.5 Å². The van der Waals surface area contributed by atoms with Gasteiger partial charge in [0.05, 0.1) is 24.5 Å². The number of hydrogen-bond donors (Lipinski definition) is 3. The zero-order valence-electron chi connectivity index (χ0n) is 17.0. The van der Waals surface area contributed by atoms with Crippen molar-refractivity contribution in [2.24, 2.45) is 5.10 Å². The Morgan fingerprint density at radius 1 is 1.09 bits per heavy atom. The predicted octanol–water partition coefficient (Wildman–Crippen LogP) is 4.80.